The molecule has 0 fully saturated rings. The Labute approximate surface area is 78.1 Å². The lowest BCUT2D eigenvalue weighted by molar-refractivity contribution is 0.0410. The average Bonchev–Trinajstić information content (AvgIpc) is 1.86. The van der Waals surface area contributed by atoms with Crippen LogP contribution in [-0.4, -0.2) is 26.3 Å². The Bertz CT molecular complexity index is 86.4. The summed E-state index contributed by atoms with van der Waals surface area (Å²) >= 11 is 8.54. The molecule has 0 aliphatic rings. The van der Waals surface area contributed by atoms with Crippen molar-refractivity contribution in [1.29, 1.82) is 0 Å². The summed E-state index contributed by atoms with van der Waals surface area (Å²) in [5.74, 6) is 0. The topological polar surface area (TPSA) is 49.7 Å². The molecule has 0 saturated heterocycles. The van der Waals surface area contributed by atoms with Crippen molar-refractivity contribution in [3.05, 3.63) is 0 Å². The fourth-order valence-corrected chi connectivity index (χ4v) is 0.663. The first-order valence-electron chi connectivity index (χ1n) is 2.01. The van der Waals surface area contributed by atoms with Crippen molar-refractivity contribution in [1.82, 2.24) is 0 Å². The number of alkyl halides is 2. The molecule has 2 N–H and O–H groups in total. The van der Waals surface area contributed by atoms with Crippen molar-refractivity contribution in [2.24, 2.45) is 0 Å². The molecule has 0 aromatic rings. The molecule has 0 rings (SSSR count). The van der Waals surface area contributed by atoms with E-state index in [0.29, 0.717) is 0 Å². The smallest absolute Gasteiger partial charge is 0.218 e. The first-order chi connectivity index (χ1) is 4.04. The van der Waals surface area contributed by atoms with Gasteiger partial charge in [-0.2, -0.15) is 0 Å². The zero-order valence-electron chi connectivity index (χ0n) is 4.22. The standard InChI is InChI=1S/C3H5Br3O3/c4-3(5,9-6)2(8)1-7/h2,7-8H,1H2. The van der Waals surface area contributed by atoms with Gasteiger partial charge in [0.05, 0.1) is 6.61 Å². The van der Waals surface area contributed by atoms with Crippen LogP contribution in [0.3, 0.4) is 0 Å². The van der Waals surface area contributed by atoms with Gasteiger partial charge in [-0.25, -0.2) is 0 Å². The molecule has 6 heteroatoms. The van der Waals surface area contributed by atoms with E-state index in [0.717, 1.165) is 0 Å². The lowest BCUT2D eigenvalue weighted by Gasteiger charge is -2.20. The van der Waals surface area contributed by atoms with Gasteiger partial charge in [0.1, 0.15) is 22.4 Å². The van der Waals surface area contributed by atoms with Gasteiger partial charge in [0, 0.05) is 0 Å². The molecule has 9 heavy (non-hydrogen) atoms. The molecule has 0 aliphatic carbocycles. The fourth-order valence-electron chi connectivity index (χ4n) is 0.158. The Morgan fingerprint density at radius 2 is 2.00 bits per heavy atom. The molecule has 0 spiro atoms. The normalized spacial score (nSPS) is 15.7. The van der Waals surface area contributed by atoms with E-state index in [1.807, 2.05) is 0 Å². The highest BCUT2D eigenvalue weighted by atomic mass is 79.9. The van der Waals surface area contributed by atoms with Crippen molar-refractivity contribution < 1.29 is 14.0 Å². The van der Waals surface area contributed by atoms with Gasteiger partial charge in [-0.3, -0.25) is 3.83 Å². The van der Waals surface area contributed by atoms with E-state index in [1.165, 1.54) is 0 Å². The third-order valence-electron chi connectivity index (χ3n) is 0.664. The van der Waals surface area contributed by atoms with E-state index in [9.17, 15) is 0 Å². The maximum absolute atomic E-state index is 8.89. The SMILES string of the molecule is OCC(O)C(Br)(Br)OBr. The Morgan fingerprint density at radius 1 is 1.56 bits per heavy atom. The van der Waals surface area contributed by atoms with Crippen molar-refractivity contribution in [3.8, 4) is 0 Å². The van der Waals surface area contributed by atoms with Crippen LogP contribution in [-0.2, 0) is 3.83 Å². The van der Waals surface area contributed by atoms with Crippen LogP contribution >= 0.6 is 48.1 Å². The highest BCUT2D eigenvalue weighted by Gasteiger charge is 2.32. The molecule has 0 amide bonds. The molecule has 0 aromatic heterocycles. The lowest BCUT2D eigenvalue weighted by Crippen LogP contribution is -2.33. The third kappa shape index (κ3) is 3.29. The van der Waals surface area contributed by atoms with Gasteiger partial charge in [-0.15, -0.1) is 0 Å². The number of aliphatic hydroxyl groups excluding tert-OH is 2. The lowest BCUT2D eigenvalue weighted by atomic mass is 10.4. The zero-order valence-corrected chi connectivity index (χ0v) is 8.98. The van der Waals surface area contributed by atoms with Crippen LogP contribution in [0.2, 0.25) is 0 Å². The summed E-state index contributed by atoms with van der Waals surface area (Å²) in [6.45, 7) is -0.387. The van der Waals surface area contributed by atoms with E-state index in [1.54, 1.807) is 0 Å². The van der Waals surface area contributed by atoms with Crippen LogP contribution in [0.1, 0.15) is 0 Å². The minimum atomic E-state index is -1.10. The largest absolute Gasteiger partial charge is 0.393 e. The van der Waals surface area contributed by atoms with Crippen molar-refractivity contribution in [3.63, 3.8) is 0 Å². The van der Waals surface area contributed by atoms with Gasteiger partial charge < -0.3 is 10.2 Å². The van der Waals surface area contributed by atoms with Crippen molar-refractivity contribution in [2.45, 2.75) is 9.52 Å². The number of hydrogen-bond acceptors (Lipinski definition) is 3. The van der Waals surface area contributed by atoms with Gasteiger partial charge in [-0.1, -0.05) is 0 Å². The second-order valence-electron chi connectivity index (χ2n) is 1.34. The van der Waals surface area contributed by atoms with Gasteiger partial charge in [-0.05, 0) is 31.9 Å². The van der Waals surface area contributed by atoms with Crippen LogP contribution in [0, 0.1) is 0 Å². The van der Waals surface area contributed by atoms with Crippen molar-refractivity contribution in [2.75, 3.05) is 6.61 Å². The minimum Gasteiger partial charge on any atom is -0.393 e. The molecule has 56 valence electrons. The summed E-state index contributed by atoms with van der Waals surface area (Å²) in [6, 6.07) is 0. The van der Waals surface area contributed by atoms with Gasteiger partial charge in [0.2, 0.25) is 3.42 Å². The van der Waals surface area contributed by atoms with Gasteiger partial charge in [0.15, 0.2) is 0 Å². The summed E-state index contributed by atoms with van der Waals surface area (Å²) in [5.41, 5.74) is 0. The molecular weight excluding hydrogens is 324 g/mol. The van der Waals surface area contributed by atoms with E-state index in [-0.39, 0.29) is 6.61 Å². The average molecular weight is 329 g/mol. The third-order valence-corrected chi connectivity index (χ3v) is 3.42. The maximum Gasteiger partial charge on any atom is 0.218 e. The maximum atomic E-state index is 8.89. The molecule has 0 aromatic carbocycles. The number of hydrogen-bond donors (Lipinski definition) is 2. The molecule has 1 unspecified atom stereocenters. The number of aliphatic hydroxyl groups is 2. The van der Waals surface area contributed by atoms with Crippen LogP contribution < -0.4 is 0 Å². The summed E-state index contributed by atoms with van der Waals surface area (Å²) in [5, 5.41) is 17.3. The predicted molar refractivity (Wildman–Crippen MR) is 43.7 cm³/mol. The molecule has 0 radical (unpaired) electrons. The zero-order chi connectivity index (χ0) is 7.49. The van der Waals surface area contributed by atoms with Crippen molar-refractivity contribution >= 4 is 48.1 Å². The second kappa shape index (κ2) is 4.25. The second-order valence-corrected chi connectivity index (χ2v) is 5.08. The summed E-state index contributed by atoms with van der Waals surface area (Å²) < 4.78 is 3.42. The molecular formula is C3H5Br3O3. The Morgan fingerprint density at radius 3 is 2.11 bits per heavy atom. The number of rotatable bonds is 3. The Kier molecular flexibility index (Phi) is 4.87. The van der Waals surface area contributed by atoms with Crippen LogP contribution in [0.15, 0.2) is 0 Å². The van der Waals surface area contributed by atoms with Crippen LogP contribution in [0.5, 0.6) is 0 Å². The summed E-state index contributed by atoms with van der Waals surface area (Å²) in [6.07, 6.45) is -1.02. The molecule has 3 nitrogen and oxygen atoms in total. The quantitative estimate of drug-likeness (QED) is 0.763. The van der Waals surface area contributed by atoms with E-state index in [2.05, 4.69) is 51.9 Å². The summed E-state index contributed by atoms with van der Waals surface area (Å²) in [7, 11) is 0. The highest BCUT2D eigenvalue weighted by Crippen LogP contribution is 2.33. The minimum absolute atomic E-state index is 0.387. The number of halogens is 3. The van der Waals surface area contributed by atoms with Gasteiger partial charge >= 0.3 is 0 Å². The predicted octanol–water partition coefficient (Wildman–Crippen LogP) is 1.11. The molecule has 0 heterocycles. The van der Waals surface area contributed by atoms with E-state index < -0.39 is 9.52 Å². The Hall–Kier alpha value is 1.32. The fraction of sp³-hybridized carbons (Fsp3) is 1.00. The van der Waals surface area contributed by atoms with Crippen LogP contribution in [0.4, 0.5) is 0 Å². The van der Waals surface area contributed by atoms with E-state index in [4.69, 9.17) is 10.2 Å². The molecule has 0 saturated carbocycles. The highest BCUT2D eigenvalue weighted by molar-refractivity contribution is 9.25. The first-order valence-corrected chi connectivity index (χ1v) is 4.24. The monoisotopic (exact) mass is 326 g/mol. The van der Waals surface area contributed by atoms with E-state index >= 15 is 0 Å². The molecule has 0 aliphatic heterocycles. The summed E-state index contributed by atoms with van der Waals surface area (Å²) in [4.78, 5) is 0. The van der Waals surface area contributed by atoms with Crippen LogP contribution in [0.25, 0.3) is 0 Å². The first kappa shape index (κ1) is 10.3. The van der Waals surface area contributed by atoms with Gasteiger partial charge in [0.25, 0.3) is 0 Å². The Balaban J connectivity index is 3.80. The molecule has 1 atom stereocenters. The molecule has 0 bridgehead atoms.